The summed E-state index contributed by atoms with van der Waals surface area (Å²) in [6, 6.07) is 14.7. The van der Waals surface area contributed by atoms with E-state index in [-0.39, 0.29) is 44.2 Å². The first-order valence-electron chi connectivity index (χ1n) is 17.3. The van der Waals surface area contributed by atoms with Gasteiger partial charge in [0, 0.05) is 43.7 Å². The van der Waals surface area contributed by atoms with E-state index < -0.39 is 30.3 Å². The van der Waals surface area contributed by atoms with Gasteiger partial charge in [0.05, 0.1) is 18.8 Å². The van der Waals surface area contributed by atoms with E-state index in [1.165, 1.54) is 38.8 Å². The third kappa shape index (κ3) is 8.05. The average Bonchev–Trinajstić information content (AvgIpc) is 3.88. The SMILES string of the molecule is C[C@@H]1[C@H](CN2CCC[C@H]2CN2CCCC2)O[C@H](c2ccc(CNC(=O)[C@@H]3CCCN3C(=O)C(F)(F)F)cc2)O[C@@H]1c1ccc(CO)cc1. The monoisotopic (exact) mass is 672 g/mol. The van der Waals surface area contributed by atoms with E-state index >= 15 is 0 Å². The van der Waals surface area contributed by atoms with Gasteiger partial charge in [-0.3, -0.25) is 14.5 Å². The number of benzene rings is 2. The molecule has 9 nitrogen and oxygen atoms in total. The van der Waals surface area contributed by atoms with Crippen molar-refractivity contribution < 1.29 is 37.3 Å². The van der Waals surface area contributed by atoms with E-state index in [0.29, 0.717) is 17.4 Å². The van der Waals surface area contributed by atoms with Crippen molar-refractivity contribution in [3.05, 3.63) is 70.8 Å². The molecule has 2 N–H and O–H groups in total. The number of nitrogens with zero attached hydrogens (tertiary/aromatic N) is 3. The third-order valence-electron chi connectivity index (χ3n) is 10.5. The van der Waals surface area contributed by atoms with Gasteiger partial charge in [-0.25, -0.2) is 0 Å². The van der Waals surface area contributed by atoms with Crippen molar-refractivity contribution in [3.8, 4) is 0 Å². The zero-order valence-electron chi connectivity index (χ0n) is 27.5. The third-order valence-corrected chi connectivity index (χ3v) is 10.5. The van der Waals surface area contributed by atoms with Gasteiger partial charge in [0.1, 0.15) is 6.04 Å². The number of halogens is 3. The first-order chi connectivity index (χ1) is 23.1. The Morgan fingerprint density at radius 2 is 1.52 bits per heavy atom. The van der Waals surface area contributed by atoms with Crippen molar-refractivity contribution in [2.75, 3.05) is 39.3 Å². The van der Waals surface area contributed by atoms with E-state index in [2.05, 4.69) is 22.0 Å². The molecule has 2 aromatic carbocycles. The van der Waals surface area contributed by atoms with Gasteiger partial charge in [-0.05, 0) is 74.8 Å². The van der Waals surface area contributed by atoms with Crippen LogP contribution in [0, 0.1) is 5.92 Å². The summed E-state index contributed by atoms with van der Waals surface area (Å²) in [5.74, 6) is -2.49. The van der Waals surface area contributed by atoms with Gasteiger partial charge in [-0.1, -0.05) is 55.5 Å². The molecule has 4 fully saturated rings. The van der Waals surface area contributed by atoms with Crippen LogP contribution in [0.4, 0.5) is 13.2 Å². The minimum absolute atomic E-state index is 0.0273. The molecule has 4 heterocycles. The smallest absolute Gasteiger partial charge is 0.392 e. The summed E-state index contributed by atoms with van der Waals surface area (Å²) in [5.41, 5.74) is 3.45. The van der Waals surface area contributed by atoms with E-state index in [1.807, 2.05) is 48.5 Å². The van der Waals surface area contributed by atoms with Crippen molar-refractivity contribution in [1.29, 1.82) is 0 Å². The molecule has 0 unspecified atom stereocenters. The predicted molar refractivity (Wildman–Crippen MR) is 172 cm³/mol. The average molecular weight is 673 g/mol. The standard InChI is InChI=1S/C36H47F3N4O5/c1-24-31(22-42-18-4-6-29(42)21-41-16-2-3-17-41)47-34(48-32(24)27-12-10-26(23-44)11-13-27)28-14-8-25(9-15-28)20-40-33(45)30-7-5-19-43(30)35(46)36(37,38)39/h8-15,24,29-32,34,44H,2-7,16-23H2,1H3,(H,40,45)/t24-,29+,30+,31+,32+,34+/m1/s1. The van der Waals surface area contributed by atoms with E-state index in [0.717, 1.165) is 41.9 Å². The minimum Gasteiger partial charge on any atom is -0.392 e. The molecule has 4 aliphatic heterocycles. The maximum absolute atomic E-state index is 13.0. The fourth-order valence-corrected chi connectivity index (χ4v) is 7.71. The van der Waals surface area contributed by atoms with Crippen LogP contribution in [0.3, 0.4) is 0 Å². The summed E-state index contributed by atoms with van der Waals surface area (Å²) in [7, 11) is 0. The van der Waals surface area contributed by atoms with Crippen LogP contribution in [0.1, 0.15) is 80.1 Å². The Labute approximate surface area is 280 Å². The lowest BCUT2D eigenvalue weighted by Crippen LogP contribution is -2.50. The Kier molecular flexibility index (Phi) is 11.1. The number of hydrogen-bond donors (Lipinski definition) is 2. The second-order valence-corrected chi connectivity index (χ2v) is 13.7. The molecule has 262 valence electrons. The normalized spacial score (nSPS) is 28.6. The first-order valence-corrected chi connectivity index (χ1v) is 17.3. The van der Waals surface area contributed by atoms with Gasteiger partial charge in [0.2, 0.25) is 5.91 Å². The first kappa shape index (κ1) is 34.8. The number of amides is 2. The van der Waals surface area contributed by atoms with Crippen molar-refractivity contribution in [1.82, 2.24) is 20.0 Å². The summed E-state index contributed by atoms with van der Waals surface area (Å²) in [5, 5.41) is 12.3. The number of nitrogens with one attached hydrogen (secondary N) is 1. The number of ether oxygens (including phenoxy) is 2. The van der Waals surface area contributed by atoms with Crippen molar-refractivity contribution >= 4 is 11.8 Å². The number of aliphatic hydroxyl groups excluding tert-OH is 1. The summed E-state index contributed by atoms with van der Waals surface area (Å²) < 4.78 is 52.4. The molecule has 2 amide bonds. The Balaban J connectivity index is 1.13. The highest BCUT2D eigenvalue weighted by Gasteiger charge is 2.47. The zero-order valence-corrected chi connectivity index (χ0v) is 27.5. The molecule has 2 aromatic rings. The minimum atomic E-state index is -5.01. The Morgan fingerprint density at radius 1 is 0.854 bits per heavy atom. The largest absolute Gasteiger partial charge is 0.471 e. The number of carbonyl (C=O) groups excluding carboxylic acids is 2. The molecule has 4 saturated heterocycles. The molecule has 0 aromatic heterocycles. The molecule has 0 bridgehead atoms. The molecule has 12 heteroatoms. The molecule has 6 atom stereocenters. The maximum atomic E-state index is 13.0. The fourth-order valence-electron chi connectivity index (χ4n) is 7.71. The van der Waals surface area contributed by atoms with Crippen LogP contribution in [-0.2, 0) is 32.2 Å². The van der Waals surface area contributed by atoms with Gasteiger partial charge in [0.15, 0.2) is 6.29 Å². The number of rotatable bonds is 10. The fraction of sp³-hybridized carbons (Fsp3) is 0.611. The number of carbonyl (C=O) groups is 2. The molecular weight excluding hydrogens is 625 g/mol. The number of hydrogen-bond acceptors (Lipinski definition) is 7. The van der Waals surface area contributed by atoms with Gasteiger partial charge in [-0.2, -0.15) is 13.2 Å². The summed E-state index contributed by atoms with van der Waals surface area (Å²) in [6.45, 7) is 7.50. The Bertz CT molecular complexity index is 1390. The van der Waals surface area contributed by atoms with Crippen LogP contribution >= 0.6 is 0 Å². The highest BCUT2D eigenvalue weighted by molar-refractivity contribution is 5.90. The van der Waals surface area contributed by atoms with Gasteiger partial charge in [0.25, 0.3) is 0 Å². The van der Waals surface area contributed by atoms with E-state index in [1.54, 1.807) is 0 Å². The summed E-state index contributed by atoms with van der Waals surface area (Å²) >= 11 is 0. The van der Waals surface area contributed by atoms with Crippen LogP contribution in [0.2, 0.25) is 0 Å². The molecule has 0 saturated carbocycles. The topological polar surface area (TPSA) is 94.6 Å². The Hall–Kier alpha value is -3.03. The number of alkyl halides is 3. The predicted octanol–water partition coefficient (Wildman–Crippen LogP) is 4.70. The van der Waals surface area contributed by atoms with Crippen LogP contribution < -0.4 is 5.32 Å². The molecule has 0 aliphatic carbocycles. The molecule has 6 rings (SSSR count). The molecule has 0 radical (unpaired) electrons. The van der Waals surface area contributed by atoms with Gasteiger partial charge >= 0.3 is 12.1 Å². The molecular formula is C36H47F3N4O5. The highest BCUT2D eigenvalue weighted by Crippen LogP contribution is 2.42. The number of likely N-dealkylation sites (tertiary alicyclic amines) is 3. The van der Waals surface area contributed by atoms with Crippen molar-refractivity contribution in [3.63, 3.8) is 0 Å². The second kappa shape index (κ2) is 15.2. The van der Waals surface area contributed by atoms with Gasteiger partial charge in [-0.15, -0.1) is 0 Å². The second-order valence-electron chi connectivity index (χ2n) is 13.7. The van der Waals surface area contributed by atoms with Crippen LogP contribution in [0.25, 0.3) is 0 Å². The maximum Gasteiger partial charge on any atom is 0.471 e. The van der Waals surface area contributed by atoms with Crippen LogP contribution in [0.5, 0.6) is 0 Å². The number of aliphatic hydroxyl groups is 1. The zero-order chi connectivity index (χ0) is 33.8. The molecule has 4 aliphatic rings. The lowest BCUT2D eigenvalue weighted by atomic mass is 9.90. The van der Waals surface area contributed by atoms with Crippen LogP contribution in [-0.4, -0.2) is 95.3 Å². The lowest BCUT2D eigenvalue weighted by Gasteiger charge is -2.43. The summed E-state index contributed by atoms with van der Waals surface area (Å²) in [4.78, 5) is 30.4. The van der Waals surface area contributed by atoms with Crippen LogP contribution in [0.15, 0.2) is 48.5 Å². The quantitative estimate of drug-likeness (QED) is 0.378. The van der Waals surface area contributed by atoms with E-state index in [9.17, 15) is 27.9 Å². The lowest BCUT2D eigenvalue weighted by molar-refractivity contribution is -0.276. The summed E-state index contributed by atoms with van der Waals surface area (Å²) in [6.07, 6.45) is -0.479. The van der Waals surface area contributed by atoms with Crippen molar-refractivity contribution in [2.24, 2.45) is 5.92 Å². The Morgan fingerprint density at radius 3 is 2.21 bits per heavy atom. The molecule has 0 spiro atoms. The van der Waals surface area contributed by atoms with E-state index in [4.69, 9.17) is 9.47 Å². The van der Waals surface area contributed by atoms with Crippen molar-refractivity contribution in [2.45, 2.75) is 95.4 Å². The molecule has 48 heavy (non-hydrogen) atoms. The van der Waals surface area contributed by atoms with Gasteiger partial charge < -0.3 is 29.7 Å². The highest BCUT2D eigenvalue weighted by atomic mass is 19.4.